The normalized spacial score (nSPS) is 11.5. The molecule has 0 spiro atoms. The van der Waals surface area contributed by atoms with Crippen LogP contribution in [0.2, 0.25) is 0 Å². The van der Waals surface area contributed by atoms with Gasteiger partial charge in [-0.2, -0.15) is 18.3 Å². The molecule has 1 heterocycles. The Morgan fingerprint density at radius 3 is 2.31 bits per heavy atom. The van der Waals surface area contributed by atoms with Crippen LogP contribution in [0.1, 0.15) is 35.0 Å². The first-order valence-corrected chi connectivity index (χ1v) is 10.1. The Hall–Kier alpha value is -3.36. The maximum Gasteiger partial charge on any atom is 0.435 e. The molecule has 2 aromatic carbocycles. The maximum absolute atomic E-state index is 14.0. The molecule has 9 heteroatoms. The average Bonchev–Trinajstić information content (AvgIpc) is 3.13. The minimum Gasteiger partial charge on any atom is -0.362 e. The number of carbonyl (C=O) groups is 1. The molecular formula is C23H24F4N4O. The van der Waals surface area contributed by atoms with Gasteiger partial charge in [-0.25, -0.2) is 9.07 Å². The van der Waals surface area contributed by atoms with Crippen molar-refractivity contribution in [3.8, 4) is 5.69 Å². The molecule has 0 radical (unpaired) electrons. The van der Waals surface area contributed by atoms with E-state index in [9.17, 15) is 22.4 Å². The number of amides is 1. The smallest absolute Gasteiger partial charge is 0.362 e. The molecule has 32 heavy (non-hydrogen) atoms. The quantitative estimate of drug-likeness (QED) is 0.470. The van der Waals surface area contributed by atoms with Crippen LogP contribution in [0.3, 0.4) is 0 Å². The molecule has 3 aromatic rings. The minimum absolute atomic E-state index is 0.0777. The minimum atomic E-state index is -4.72. The summed E-state index contributed by atoms with van der Waals surface area (Å²) in [6.45, 7) is 1.70. The second-order valence-electron chi connectivity index (χ2n) is 7.53. The number of rotatable bonds is 7. The van der Waals surface area contributed by atoms with Gasteiger partial charge in [-0.15, -0.1) is 0 Å². The number of carbonyl (C=O) groups excluding carboxylic acids is 1. The van der Waals surface area contributed by atoms with Gasteiger partial charge in [0.25, 0.3) is 5.91 Å². The van der Waals surface area contributed by atoms with Crippen LogP contribution in [0.4, 0.5) is 23.4 Å². The van der Waals surface area contributed by atoms with Crippen LogP contribution in [-0.2, 0) is 12.7 Å². The third kappa shape index (κ3) is 4.92. The third-order valence-corrected chi connectivity index (χ3v) is 4.85. The number of aromatic nitrogens is 2. The van der Waals surface area contributed by atoms with Crippen molar-refractivity contribution in [1.29, 1.82) is 0 Å². The molecule has 5 nitrogen and oxygen atoms in total. The highest BCUT2D eigenvalue weighted by Gasteiger charge is 2.40. The first kappa shape index (κ1) is 23.3. The Labute approximate surface area is 183 Å². The second kappa shape index (κ2) is 9.42. The van der Waals surface area contributed by atoms with Gasteiger partial charge in [0.05, 0.1) is 12.2 Å². The summed E-state index contributed by atoms with van der Waals surface area (Å²) in [6.07, 6.45) is -4.20. The first-order valence-electron chi connectivity index (χ1n) is 10.1. The molecule has 170 valence electrons. The van der Waals surface area contributed by atoms with Crippen molar-refractivity contribution in [2.45, 2.75) is 26.1 Å². The van der Waals surface area contributed by atoms with Crippen molar-refractivity contribution in [1.82, 2.24) is 14.7 Å². The molecule has 0 bridgehead atoms. The lowest BCUT2D eigenvalue weighted by molar-refractivity contribution is -0.142. The zero-order valence-corrected chi connectivity index (χ0v) is 18.0. The van der Waals surface area contributed by atoms with E-state index in [-0.39, 0.29) is 30.0 Å². The molecule has 0 aliphatic rings. The summed E-state index contributed by atoms with van der Waals surface area (Å²) in [7, 11) is 3.25. The molecule has 0 unspecified atom stereocenters. The van der Waals surface area contributed by atoms with E-state index in [0.717, 1.165) is 6.07 Å². The lowest BCUT2D eigenvalue weighted by Crippen LogP contribution is -2.32. The van der Waals surface area contributed by atoms with E-state index >= 15 is 0 Å². The lowest BCUT2D eigenvalue weighted by Gasteiger charge is -2.25. The van der Waals surface area contributed by atoms with Crippen LogP contribution in [0.5, 0.6) is 0 Å². The molecule has 0 aliphatic heterocycles. The van der Waals surface area contributed by atoms with E-state index in [4.69, 9.17) is 0 Å². The van der Waals surface area contributed by atoms with Crippen LogP contribution in [0.25, 0.3) is 5.69 Å². The van der Waals surface area contributed by atoms with E-state index < -0.39 is 23.6 Å². The van der Waals surface area contributed by atoms with Crippen molar-refractivity contribution in [2.75, 3.05) is 25.5 Å². The highest BCUT2D eigenvalue weighted by atomic mass is 19.4. The highest BCUT2D eigenvalue weighted by Crippen LogP contribution is 2.37. The fraction of sp³-hybridized carbons (Fsp3) is 0.304. The van der Waals surface area contributed by atoms with E-state index in [2.05, 4.69) is 5.10 Å². The summed E-state index contributed by atoms with van der Waals surface area (Å²) in [6, 6.07) is 13.6. The fourth-order valence-corrected chi connectivity index (χ4v) is 3.54. The standard InChI is InChI=1S/C23H24F4N4O/c1-4-13-30(22(32)16-9-8-10-17(24)14-16)15-19-20(23(25,26)27)28-31(21(19)29(2)3)18-11-6-5-7-12-18/h5-12,14H,4,13,15H2,1-3H3. The van der Waals surface area contributed by atoms with Crippen molar-refractivity contribution in [3.05, 3.63) is 77.2 Å². The molecular weight excluding hydrogens is 424 g/mol. The van der Waals surface area contributed by atoms with E-state index in [1.807, 2.05) is 6.92 Å². The molecule has 3 rings (SSSR count). The monoisotopic (exact) mass is 448 g/mol. The van der Waals surface area contributed by atoms with Crippen molar-refractivity contribution in [3.63, 3.8) is 0 Å². The van der Waals surface area contributed by atoms with Gasteiger partial charge in [0.1, 0.15) is 11.6 Å². The molecule has 1 amide bonds. The van der Waals surface area contributed by atoms with Crippen LogP contribution in [0.15, 0.2) is 54.6 Å². The molecule has 0 N–H and O–H groups in total. The lowest BCUT2D eigenvalue weighted by atomic mass is 10.1. The van der Waals surface area contributed by atoms with Gasteiger partial charge in [0, 0.05) is 31.8 Å². The molecule has 0 atom stereocenters. The maximum atomic E-state index is 14.0. The summed E-state index contributed by atoms with van der Waals surface area (Å²) in [5.74, 6) is -0.914. The zero-order valence-electron chi connectivity index (χ0n) is 18.0. The van der Waals surface area contributed by atoms with E-state index in [1.165, 1.54) is 27.8 Å². The van der Waals surface area contributed by atoms with Gasteiger partial charge in [0.2, 0.25) is 0 Å². The van der Waals surface area contributed by atoms with Gasteiger partial charge in [0.15, 0.2) is 5.69 Å². The fourth-order valence-electron chi connectivity index (χ4n) is 3.54. The summed E-state index contributed by atoms with van der Waals surface area (Å²) in [5, 5.41) is 3.88. The number of hydrogen-bond donors (Lipinski definition) is 0. The average molecular weight is 448 g/mol. The highest BCUT2D eigenvalue weighted by molar-refractivity contribution is 5.94. The summed E-state index contributed by atoms with van der Waals surface area (Å²) in [5.41, 5.74) is -0.636. The van der Waals surface area contributed by atoms with Gasteiger partial charge >= 0.3 is 6.18 Å². The van der Waals surface area contributed by atoms with E-state index in [0.29, 0.717) is 12.1 Å². The SMILES string of the molecule is CCCN(Cc1c(C(F)(F)F)nn(-c2ccccc2)c1N(C)C)C(=O)c1cccc(F)c1. The number of para-hydroxylation sites is 1. The number of anilines is 1. The first-order chi connectivity index (χ1) is 15.1. The zero-order chi connectivity index (χ0) is 23.5. The van der Waals surface area contributed by atoms with Gasteiger partial charge in [-0.1, -0.05) is 31.2 Å². The van der Waals surface area contributed by atoms with Crippen LogP contribution < -0.4 is 4.90 Å². The number of halogens is 4. The van der Waals surface area contributed by atoms with Gasteiger partial charge < -0.3 is 9.80 Å². The molecule has 0 fully saturated rings. The van der Waals surface area contributed by atoms with E-state index in [1.54, 1.807) is 49.3 Å². The largest absolute Gasteiger partial charge is 0.435 e. The summed E-state index contributed by atoms with van der Waals surface area (Å²) >= 11 is 0. The van der Waals surface area contributed by atoms with Crippen molar-refractivity contribution < 1.29 is 22.4 Å². The topological polar surface area (TPSA) is 41.4 Å². The van der Waals surface area contributed by atoms with Crippen LogP contribution in [0, 0.1) is 5.82 Å². The van der Waals surface area contributed by atoms with Crippen LogP contribution in [-0.4, -0.2) is 41.2 Å². The molecule has 0 saturated carbocycles. The Morgan fingerprint density at radius 2 is 1.75 bits per heavy atom. The van der Waals surface area contributed by atoms with Crippen molar-refractivity contribution in [2.24, 2.45) is 0 Å². The number of nitrogens with zero attached hydrogens (tertiary/aromatic N) is 4. The van der Waals surface area contributed by atoms with Crippen LogP contribution >= 0.6 is 0 Å². The summed E-state index contributed by atoms with van der Waals surface area (Å²) in [4.78, 5) is 15.9. The molecule has 0 saturated heterocycles. The predicted molar refractivity (Wildman–Crippen MR) is 114 cm³/mol. The second-order valence-corrected chi connectivity index (χ2v) is 7.53. The number of hydrogen-bond acceptors (Lipinski definition) is 3. The predicted octanol–water partition coefficient (Wildman–Crippen LogP) is 5.15. The van der Waals surface area contributed by atoms with Gasteiger partial charge in [-0.3, -0.25) is 4.79 Å². The Morgan fingerprint density at radius 1 is 1.06 bits per heavy atom. The number of benzene rings is 2. The Kier molecular flexibility index (Phi) is 6.86. The number of alkyl halides is 3. The van der Waals surface area contributed by atoms with Crippen molar-refractivity contribution >= 4 is 11.7 Å². The molecule has 0 aliphatic carbocycles. The third-order valence-electron chi connectivity index (χ3n) is 4.85. The van der Waals surface area contributed by atoms with Gasteiger partial charge in [-0.05, 0) is 36.8 Å². The summed E-state index contributed by atoms with van der Waals surface area (Å²) < 4.78 is 56.8. The Balaban J connectivity index is 2.13. The Bertz CT molecular complexity index is 1080. The molecule has 1 aromatic heterocycles.